The summed E-state index contributed by atoms with van der Waals surface area (Å²) >= 11 is 9.75. The third-order valence-corrected chi connectivity index (χ3v) is 5.13. The number of carbonyl (C=O) groups excluding carboxylic acids is 1. The van der Waals surface area contributed by atoms with E-state index >= 15 is 0 Å². The lowest BCUT2D eigenvalue weighted by Gasteiger charge is -2.24. The molecule has 0 saturated carbocycles. The second-order valence-corrected chi connectivity index (χ2v) is 6.60. The second-order valence-electron chi connectivity index (χ2n) is 5.21. The van der Waals surface area contributed by atoms with Gasteiger partial charge in [-0.05, 0) is 38.7 Å². The first-order valence-electron chi connectivity index (χ1n) is 5.65. The van der Waals surface area contributed by atoms with Crippen molar-refractivity contribution in [3.8, 4) is 0 Å². The minimum atomic E-state index is -0.357. The Morgan fingerprint density at radius 2 is 2.19 bits per heavy atom. The smallest absolute Gasteiger partial charge is 0.312 e. The summed E-state index contributed by atoms with van der Waals surface area (Å²) < 4.78 is 6.49. The molecule has 0 unspecified atom stereocenters. The van der Waals surface area contributed by atoms with Crippen LogP contribution in [0.1, 0.15) is 39.5 Å². The van der Waals surface area contributed by atoms with Crippen LogP contribution in [-0.2, 0) is 9.53 Å². The van der Waals surface area contributed by atoms with E-state index in [4.69, 9.17) is 16.3 Å². The first-order chi connectivity index (χ1) is 7.42. The molecule has 0 bridgehead atoms. The third-order valence-electron chi connectivity index (χ3n) is 3.37. The summed E-state index contributed by atoms with van der Waals surface area (Å²) in [5.41, 5.74) is 0.828. The lowest BCUT2D eigenvalue weighted by Crippen LogP contribution is -2.18. The predicted octanol–water partition coefficient (Wildman–Crippen LogP) is 3.77. The van der Waals surface area contributed by atoms with Crippen LogP contribution in [0.4, 0.5) is 0 Å². The van der Waals surface area contributed by atoms with E-state index in [0.29, 0.717) is 0 Å². The Morgan fingerprint density at radius 1 is 1.50 bits per heavy atom. The van der Waals surface area contributed by atoms with Crippen LogP contribution < -0.4 is 0 Å². The number of ether oxygens (including phenoxy) is 1. The lowest BCUT2D eigenvalue weighted by molar-refractivity contribution is -0.146. The molecule has 1 saturated heterocycles. The average Bonchev–Trinajstić information content (AvgIpc) is 2.46. The summed E-state index contributed by atoms with van der Waals surface area (Å²) in [5.74, 6) is -0.0954. The maximum absolute atomic E-state index is 11.6. The van der Waals surface area contributed by atoms with E-state index in [-0.39, 0.29) is 22.9 Å². The van der Waals surface area contributed by atoms with Gasteiger partial charge in [-0.3, -0.25) is 4.79 Å². The molecule has 16 heavy (non-hydrogen) atoms. The minimum absolute atomic E-state index is 0.0474. The van der Waals surface area contributed by atoms with Gasteiger partial charge in [0.15, 0.2) is 0 Å². The number of esters is 1. The molecular formula is C12H16BrClO2. The van der Waals surface area contributed by atoms with Crippen molar-refractivity contribution in [1.29, 1.82) is 0 Å². The highest BCUT2D eigenvalue weighted by Crippen LogP contribution is 2.42. The molecule has 0 spiro atoms. The van der Waals surface area contributed by atoms with Crippen molar-refractivity contribution < 1.29 is 9.53 Å². The number of allylic oxidation sites excluding steroid dienone is 1. The molecule has 1 aliphatic heterocycles. The predicted molar refractivity (Wildman–Crippen MR) is 67.7 cm³/mol. The number of cyclic esters (lactones) is 1. The van der Waals surface area contributed by atoms with E-state index in [1.807, 2.05) is 13.8 Å². The van der Waals surface area contributed by atoms with Gasteiger partial charge in [0.05, 0.1) is 10.8 Å². The van der Waals surface area contributed by atoms with Crippen molar-refractivity contribution in [1.82, 2.24) is 0 Å². The van der Waals surface area contributed by atoms with E-state index in [1.54, 1.807) is 0 Å². The van der Waals surface area contributed by atoms with Crippen molar-refractivity contribution in [3.05, 3.63) is 10.1 Å². The highest BCUT2D eigenvalue weighted by molar-refractivity contribution is 9.11. The molecule has 0 amide bonds. The van der Waals surface area contributed by atoms with E-state index in [9.17, 15) is 4.79 Å². The molecular weight excluding hydrogens is 291 g/mol. The topological polar surface area (TPSA) is 26.3 Å². The normalized spacial score (nSPS) is 34.1. The first-order valence-corrected chi connectivity index (χ1v) is 6.88. The molecule has 0 N–H and O–H groups in total. The van der Waals surface area contributed by atoms with E-state index in [2.05, 4.69) is 15.9 Å². The molecule has 2 nitrogen and oxygen atoms in total. The summed E-state index contributed by atoms with van der Waals surface area (Å²) in [5, 5.41) is 0.0474. The molecule has 0 radical (unpaired) electrons. The largest absolute Gasteiger partial charge is 0.457 e. The van der Waals surface area contributed by atoms with Crippen molar-refractivity contribution in [2.24, 2.45) is 5.41 Å². The maximum Gasteiger partial charge on any atom is 0.312 e. The lowest BCUT2D eigenvalue weighted by atomic mass is 9.85. The number of alkyl halides is 1. The number of hydrogen-bond acceptors (Lipinski definition) is 2. The molecule has 0 aromatic rings. The van der Waals surface area contributed by atoms with Crippen LogP contribution in [0.3, 0.4) is 0 Å². The minimum Gasteiger partial charge on any atom is -0.457 e. The first kappa shape index (κ1) is 12.4. The fourth-order valence-corrected chi connectivity index (χ4v) is 3.28. The van der Waals surface area contributed by atoms with Gasteiger partial charge < -0.3 is 4.74 Å². The quantitative estimate of drug-likeness (QED) is 0.544. The molecule has 2 atom stereocenters. The van der Waals surface area contributed by atoms with E-state index < -0.39 is 0 Å². The number of halogens is 2. The number of rotatable bonds is 1. The van der Waals surface area contributed by atoms with Gasteiger partial charge in [-0.1, -0.05) is 15.9 Å². The molecule has 1 heterocycles. The van der Waals surface area contributed by atoms with Gasteiger partial charge in [0.2, 0.25) is 0 Å². The number of hydrogen-bond donors (Lipinski definition) is 0. The zero-order valence-corrected chi connectivity index (χ0v) is 11.9. The van der Waals surface area contributed by atoms with E-state index in [1.165, 1.54) is 5.57 Å². The Hall–Kier alpha value is -0.0200. The van der Waals surface area contributed by atoms with Crippen molar-refractivity contribution in [2.45, 2.75) is 51.0 Å². The molecule has 1 aliphatic carbocycles. The molecule has 2 aliphatic rings. The van der Waals surface area contributed by atoms with Crippen LogP contribution in [-0.4, -0.2) is 17.5 Å². The third kappa shape index (κ3) is 2.17. The van der Waals surface area contributed by atoms with Gasteiger partial charge in [0, 0.05) is 10.9 Å². The standard InChI is InChI=1S/C12H16BrClO2/c1-12(2)6-9(16-11(12)15)7-4-3-5-8(14)10(7)13/h8-9H,3-6H2,1-2H3/t8-,9+/m1/s1. The molecule has 0 aromatic carbocycles. The maximum atomic E-state index is 11.6. The van der Waals surface area contributed by atoms with Crippen LogP contribution in [0.25, 0.3) is 0 Å². The Kier molecular flexibility index (Phi) is 3.37. The van der Waals surface area contributed by atoms with Crippen molar-refractivity contribution >= 4 is 33.5 Å². The molecule has 2 rings (SSSR count). The second kappa shape index (κ2) is 4.34. The van der Waals surface area contributed by atoms with Crippen LogP contribution in [0.15, 0.2) is 10.1 Å². The van der Waals surface area contributed by atoms with Crippen molar-refractivity contribution in [3.63, 3.8) is 0 Å². The van der Waals surface area contributed by atoms with Gasteiger partial charge >= 0.3 is 5.97 Å². The van der Waals surface area contributed by atoms with E-state index in [0.717, 1.165) is 30.2 Å². The van der Waals surface area contributed by atoms with Crippen LogP contribution in [0.5, 0.6) is 0 Å². The highest BCUT2D eigenvalue weighted by atomic mass is 79.9. The summed E-state index contributed by atoms with van der Waals surface area (Å²) in [4.78, 5) is 11.6. The SMILES string of the molecule is CC1(C)C[C@@H](C2=C(Br)[C@H](Cl)CCC2)OC1=O. The summed E-state index contributed by atoms with van der Waals surface area (Å²) in [6.45, 7) is 3.87. The summed E-state index contributed by atoms with van der Waals surface area (Å²) in [7, 11) is 0. The van der Waals surface area contributed by atoms with Crippen LogP contribution in [0, 0.1) is 5.41 Å². The Morgan fingerprint density at radius 3 is 2.75 bits per heavy atom. The Labute approximate surface area is 109 Å². The van der Waals surface area contributed by atoms with Gasteiger partial charge in [-0.2, -0.15) is 0 Å². The van der Waals surface area contributed by atoms with Crippen LogP contribution >= 0.6 is 27.5 Å². The zero-order chi connectivity index (χ0) is 11.9. The van der Waals surface area contributed by atoms with Crippen molar-refractivity contribution in [2.75, 3.05) is 0 Å². The Bertz CT molecular complexity index is 349. The van der Waals surface area contributed by atoms with Gasteiger partial charge in [-0.15, -0.1) is 11.6 Å². The summed E-state index contributed by atoms with van der Waals surface area (Å²) in [6.07, 6.45) is 3.75. The average molecular weight is 308 g/mol. The van der Waals surface area contributed by atoms with Gasteiger partial charge in [0.1, 0.15) is 6.10 Å². The Balaban J connectivity index is 2.21. The molecule has 0 aromatic heterocycles. The highest BCUT2D eigenvalue weighted by Gasteiger charge is 2.43. The number of carbonyl (C=O) groups is 1. The molecule has 4 heteroatoms. The monoisotopic (exact) mass is 306 g/mol. The summed E-state index contributed by atoms with van der Waals surface area (Å²) in [6, 6.07) is 0. The fraction of sp³-hybridized carbons (Fsp3) is 0.750. The fourth-order valence-electron chi connectivity index (χ4n) is 2.31. The van der Waals surface area contributed by atoms with Gasteiger partial charge in [0.25, 0.3) is 0 Å². The molecule has 90 valence electrons. The molecule has 1 fully saturated rings. The van der Waals surface area contributed by atoms with Gasteiger partial charge in [-0.25, -0.2) is 0 Å². The van der Waals surface area contributed by atoms with Crippen LogP contribution in [0.2, 0.25) is 0 Å². The zero-order valence-electron chi connectivity index (χ0n) is 9.56.